The molecule has 0 radical (unpaired) electrons. The summed E-state index contributed by atoms with van der Waals surface area (Å²) in [7, 11) is 3.19. The lowest BCUT2D eigenvalue weighted by molar-refractivity contribution is -0.130. The molecule has 2 amide bonds. The highest BCUT2D eigenvalue weighted by Crippen LogP contribution is 2.19. The first-order valence-corrected chi connectivity index (χ1v) is 6.09. The minimum atomic E-state index is -0.384. The van der Waals surface area contributed by atoms with Gasteiger partial charge in [-0.3, -0.25) is 19.9 Å². The monoisotopic (exact) mass is 258 g/mol. The molecule has 0 saturated carbocycles. The number of hydrazine groups is 1. The van der Waals surface area contributed by atoms with Gasteiger partial charge in [-0.05, 0) is 25.9 Å². The summed E-state index contributed by atoms with van der Waals surface area (Å²) in [5.74, 6) is 5.01. The average molecular weight is 258 g/mol. The molecule has 0 spiro atoms. The summed E-state index contributed by atoms with van der Waals surface area (Å²) in [6, 6.07) is -0.384. The SMILES string of the molecule is CNC(=O)C1CCN(C(COC)C(=O)NN)CC1. The molecule has 0 bridgehead atoms. The van der Waals surface area contributed by atoms with Crippen molar-refractivity contribution in [3.05, 3.63) is 0 Å². The van der Waals surface area contributed by atoms with Crippen LogP contribution in [-0.4, -0.2) is 56.6 Å². The lowest BCUT2D eigenvalue weighted by Gasteiger charge is -2.35. The Bertz CT molecular complexity index is 290. The molecule has 1 saturated heterocycles. The number of carbonyl (C=O) groups is 2. The summed E-state index contributed by atoms with van der Waals surface area (Å²) in [5.41, 5.74) is 2.15. The van der Waals surface area contributed by atoms with Gasteiger partial charge < -0.3 is 10.1 Å². The zero-order chi connectivity index (χ0) is 13.5. The van der Waals surface area contributed by atoms with Crippen molar-refractivity contribution in [3.63, 3.8) is 0 Å². The van der Waals surface area contributed by atoms with Crippen LogP contribution in [0.15, 0.2) is 0 Å². The summed E-state index contributed by atoms with van der Waals surface area (Å²) < 4.78 is 5.04. The number of hydrogen-bond acceptors (Lipinski definition) is 5. The van der Waals surface area contributed by atoms with Crippen LogP contribution in [0.3, 0.4) is 0 Å². The first-order valence-electron chi connectivity index (χ1n) is 6.09. The third-order valence-electron chi connectivity index (χ3n) is 3.36. The fraction of sp³-hybridized carbons (Fsp3) is 0.818. The molecule has 1 aliphatic rings. The maximum atomic E-state index is 11.6. The molecule has 0 aromatic carbocycles. The van der Waals surface area contributed by atoms with Gasteiger partial charge in [0.05, 0.1) is 6.61 Å². The second kappa shape index (κ2) is 7.30. The van der Waals surface area contributed by atoms with E-state index in [-0.39, 0.29) is 23.8 Å². The molecule has 1 atom stereocenters. The number of piperidine rings is 1. The van der Waals surface area contributed by atoms with Crippen molar-refractivity contribution in [2.45, 2.75) is 18.9 Å². The number of likely N-dealkylation sites (tertiary alicyclic amines) is 1. The summed E-state index contributed by atoms with van der Waals surface area (Å²) in [6.07, 6.45) is 1.50. The van der Waals surface area contributed by atoms with Gasteiger partial charge in [0.2, 0.25) is 5.91 Å². The molecule has 0 aromatic heterocycles. The fourth-order valence-corrected chi connectivity index (χ4v) is 2.28. The molecule has 1 unspecified atom stereocenters. The van der Waals surface area contributed by atoms with Gasteiger partial charge in [0.15, 0.2) is 0 Å². The van der Waals surface area contributed by atoms with Crippen molar-refractivity contribution in [2.24, 2.45) is 11.8 Å². The van der Waals surface area contributed by atoms with E-state index >= 15 is 0 Å². The van der Waals surface area contributed by atoms with Gasteiger partial charge in [0.25, 0.3) is 5.91 Å². The van der Waals surface area contributed by atoms with Crippen LogP contribution in [0.1, 0.15) is 12.8 Å². The Morgan fingerprint density at radius 3 is 2.50 bits per heavy atom. The smallest absolute Gasteiger partial charge is 0.253 e. The molecular formula is C11H22N4O3. The van der Waals surface area contributed by atoms with Crippen molar-refractivity contribution in [2.75, 3.05) is 33.9 Å². The Hall–Kier alpha value is -1.18. The van der Waals surface area contributed by atoms with E-state index < -0.39 is 0 Å². The van der Waals surface area contributed by atoms with Crippen LogP contribution in [0.4, 0.5) is 0 Å². The van der Waals surface area contributed by atoms with Gasteiger partial charge >= 0.3 is 0 Å². The number of nitrogens with zero attached hydrogens (tertiary/aromatic N) is 1. The highest BCUT2D eigenvalue weighted by molar-refractivity contribution is 5.81. The number of nitrogens with two attached hydrogens (primary N) is 1. The van der Waals surface area contributed by atoms with Crippen LogP contribution in [0.25, 0.3) is 0 Å². The minimum Gasteiger partial charge on any atom is -0.383 e. The molecule has 7 heteroatoms. The normalized spacial score (nSPS) is 19.3. The maximum Gasteiger partial charge on any atom is 0.253 e. The van der Waals surface area contributed by atoms with Gasteiger partial charge in [-0.25, -0.2) is 5.84 Å². The van der Waals surface area contributed by atoms with Crippen LogP contribution in [0, 0.1) is 5.92 Å². The molecule has 18 heavy (non-hydrogen) atoms. The largest absolute Gasteiger partial charge is 0.383 e. The van der Waals surface area contributed by atoms with Crippen molar-refractivity contribution in [3.8, 4) is 0 Å². The van der Waals surface area contributed by atoms with E-state index in [2.05, 4.69) is 10.7 Å². The third-order valence-corrected chi connectivity index (χ3v) is 3.36. The van der Waals surface area contributed by atoms with Crippen molar-refractivity contribution < 1.29 is 14.3 Å². The third kappa shape index (κ3) is 3.66. The Morgan fingerprint density at radius 2 is 2.06 bits per heavy atom. The van der Waals surface area contributed by atoms with Crippen molar-refractivity contribution in [1.82, 2.24) is 15.6 Å². The zero-order valence-corrected chi connectivity index (χ0v) is 10.9. The predicted octanol–water partition coefficient (Wildman–Crippen LogP) is -1.55. The molecule has 1 fully saturated rings. The van der Waals surface area contributed by atoms with Crippen LogP contribution in [-0.2, 0) is 14.3 Å². The topological polar surface area (TPSA) is 96.7 Å². The van der Waals surface area contributed by atoms with Crippen molar-refractivity contribution >= 4 is 11.8 Å². The zero-order valence-electron chi connectivity index (χ0n) is 10.9. The molecule has 1 aliphatic heterocycles. The summed E-state index contributed by atoms with van der Waals surface area (Å²) in [5, 5.41) is 2.66. The lowest BCUT2D eigenvalue weighted by atomic mass is 9.95. The second-order valence-corrected chi connectivity index (χ2v) is 4.40. The number of amides is 2. The molecule has 0 aromatic rings. The maximum absolute atomic E-state index is 11.6. The standard InChI is InChI=1S/C11H22N4O3/c1-13-10(16)8-3-5-15(6-4-8)9(7-18-2)11(17)14-12/h8-9H,3-7,12H2,1-2H3,(H,13,16)(H,14,17). The minimum absolute atomic E-state index is 0.0374. The van der Waals surface area contributed by atoms with Gasteiger partial charge in [0.1, 0.15) is 6.04 Å². The summed E-state index contributed by atoms with van der Waals surface area (Å²) in [6.45, 7) is 1.69. The second-order valence-electron chi connectivity index (χ2n) is 4.40. The van der Waals surface area contributed by atoms with Gasteiger partial charge in [0, 0.05) is 20.1 Å². The Labute approximate surface area is 107 Å². The van der Waals surface area contributed by atoms with E-state index in [0.717, 1.165) is 12.8 Å². The number of carbonyl (C=O) groups excluding carboxylic acids is 2. The Balaban J connectivity index is 2.53. The highest BCUT2D eigenvalue weighted by atomic mass is 16.5. The van der Waals surface area contributed by atoms with E-state index in [1.165, 1.54) is 0 Å². The number of ether oxygens (including phenoxy) is 1. The average Bonchev–Trinajstić information content (AvgIpc) is 2.43. The van der Waals surface area contributed by atoms with Gasteiger partial charge in [-0.2, -0.15) is 0 Å². The van der Waals surface area contributed by atoms with E-state index in [0.29, 0.717) is 19.7 Å². The summed E-state index contributed by atoms with van der Waals surface area (Å²) in [4.78, 5) is 25.1. The lowest BCUT2D eigenvalue weighted by Crippen LogP contribution is -2.54. The van der Waals surface area contributed by atoms with E-state index in [9.17, 15) is 9.59 Å². The highest BCUT2D eigenvalue weighted by Gasteiger charge is 2.31. The molecule has 1 heterocycles. The van der Waals surface area contributed by atoms with E-state index in [4.69, 9.17) is 10.6 Å². The number of rotatable bonds is 5. The molecule has 0 aliphatic carbocycles. The number of nitrogens with one attached hydrogen (secondary N) is 2. The van der Waals surface area contributed by atoms with Crippen LogP contribution >= 0.6 is 0 Å². The quantitative estimate of drug-likeness (QED) is 0.315. The summed E-state index contributed by atoms with van der Waals surface area (Å²) >= 11 is 0. The van der Waals surface area contributed by atoms with Crippen LogP contribution in [0.2, 0.25) is 0 Å². The van der Waals surface area contributed by atoms with Gasteiger partial charge in [-0.15, -0.1) is 0 Å². The molecule has 104 valence electrons. The molecule has 1 rings (SSSR count). The van der Waals surface area contributed by atoms with Crippen LogP contribution < -0.4 is 16.6 Å². The first-order chi connectivity index (χ1) is 8.63. The van der Waals surface area contributed by atoms with Gasteiger partial charge in [-0.1, -0.05) is 0 Å². The Morgan fingerprint density at radius 1 is 1.44 bits per heavy atom. The first kappa shape index (κ1) is 14.9. The van der Waals surface area contributed by atoms with E-state index in [1.807, 2.05) is 4.90 Å². The molecular weight excluding hydrogens is 236 g/mol. The number of hydrogen-bond donors (Lipinski definition) is 3. The van der Waals surface area contributed by atoms with E-state index in [1.54, 1.807) is 14.2 Å². The number of methoxy groups -OCH3 is 1. The Kier molecular flexibility index (Phi) is 6.03. The van der Waals surface area contributed by atoms with Crippen molar-refractivity contribution in [1.29, 1.82) is 0 Å². The molecule has 7 nitrogen and oxygen atoms in total. The fourth-order valence-electron chi connectivity index (χ4n) is 2.28. The predicted molar refractivity (Wildman–Crippen MR) is 66.4 cm³/mol. The van der Waals surface area contributed by atoms with Crippen LogP contribution in [0.5, 0.6) is 0 Å². The molecule has 4 N–H and O–H groups in total.